The normalized spacial score (nSPS) is 24.0. The molecule has 1 aliphatic carbocycles. The first kappa shape index (κ1) is 17.0. The fourth-order valence-corrected chi connectivity index (χ4v) is 4.33. The minimum atomic E-state index is -0.142. The summed E-state index contributed by atoms with van der Waals surface area (Å²) in [4.78, 5) is 12.1. The summed E-state index contributed by atoms with van der Waals surface area (Å²) in [6.45, 7) is 6.57. The van der Waals surface area contributed by atoms with Crippen molar-refractivity contribution in [1.29, 1.82) is 0 Å². The van der Waals surface area contributed by atoms with Gasteiger partial charge in [-0.2, -0.15) is 0 Å². The maximum atomic E-state index is 12.1. The van der Waals surface area contributed by atoms with Gasteiger partial charge in [0.25, 0.3) is 0 Å². The van der Waals surface area contributed by atoms with E-state index in [2.05, 4.69) is 19.9 Å². The van der Waals surface area contributed by atoms with Crippen molar-refractivity contribution in [2.45, 2.75) is 46.3 Å². The minimum Gasteiger partial charge on any atom is -0.508 e. The van der Waals surface area contributed by atoms with E-state index < -0.39 is 0 Å². The van der Waals surface area contributed by atoms with Gasteiger partial charge in [-0.15, -0.1) is 0 Å². The molecule has 4 heteroatoms. The van der Waals surface area contributed by atoms with Crippen LogP contribution in [0.3, 0.4) is 0 Å². The highest BCUT2D eigenvalue weighted by atomic mass is 16.6. The number of aryl methyl sites for hydroxylation is 1. The molecule has 0 saturated carbocycles. The van der Waals surface area contributed by atoms with Gasteiger partial charge in [0.05, 0.1) is 5.92 Å². The Kier molecular flexibility index (Phi) is 4.14. The van der Waals surface area contributed by atoms with Crippen molar-refractivity contribution in [1.82, 2.24) is 0 Å². The van der Waals surface area contributed by atoms with Crippen LogP contribution in [0, 0.1) is 25.7 Å². The zero-order valence-corrected chi connectivity index (χ0v) is 15.4. The molecule has 1 heterocycles. The maximum absolute atomic E-state index is 12.1. The summed E-state index contributed by atoms with van der Waals surface area (Å²) in [5.74, 6) is 1.23. The number of fused-ring (bicyclic) bond motifs is 3. The summed E-state index contributed by atoms with van der Waals surface area (Å²) in [5.41, 5.74) is 5.72. The third-order valence-electron chi connectivity index (χ3n) is 5.91. The third kappa shape index (κ3) is 2.74. The third-order valence-corrected chi connectivity index (χ3v) is 5.91. The van der Waals surface area contributed by atoms with Crippen LogP contribution >= 0.6 is 0 Å². The SMILES string of the molecule is Cc1cc(OCc2ccc(O)cc2)c(C)c2c1CC[C@H]1C(C)C(=O)OC21. The number of benzene rings is 2. The van der Waals surface area contributed by atoms with Crippen LogP contribution in [0.2, 0.25) is 0 Å². The molecule has 0 radical (unpaired) electrons. The quantitative estimate of drug-likeness (QED) is 0.833. The lowest BCUT2D eigenvalue weighted by atomic mass is 9.74. The van der Waals surface area contributed by atoms with Crippen molar-refractivity contribution < 1.29 is 19.4 Å². The van der Waals surface area contributed by atoms with Crippen LogP contribution in [0.1, 0.15) is 47.3 Å². The van der Waals surface area contributed by atoms with E-state index >= 15 is 0 Å². The summed E-state index contributed by atoms with van der Waals surface area (Å²) in [6, 6.07) is 9.12. The summed E-state index contributed by atoms with van der Waals surface area (Å²) in [6.07, 6.45) is 1.85. The van der Waals surface area contributed by atoms with Crippen LogP contribution in [0.25, 0.3) is 0 Å². The number of hydrogen-bond acceptors (Lipinski definition) is 4. The van der Waals surface area contributed by atoms with Gasteiger partial charge in [-0.05, 0) is 67.1 Å². The van der Waals surface area contributed by atoms with Crippen molar-refractivity contribution in [2.24, 2.45) is 11.8 Å². The lowest BCUT2D eigenvalue weighted by Crippen LogP contribution is -2.22. The second kappa shape index (κ2) is 6.35. The molecule has 1 N–H and O–H groups in total. The fourth-order valence-electron chi connectivity index (χ4n) is 4.33. The average Bonchev–Trinajstić information content (AvgIpc) is 2.92. The largest absolute Gasteiger partial charge is 0.508 e. The van der Waals surface area contributed by atoms with E-state index in [0.717, 1.165) is 35.3 Å². The Bertz CT molecular complexity index is 853. The molecule has 2 unspecified atom stereocenters. The Morgan fingerprint density at radius 1 is 1.23 bits per heavy atom. The molecule has 1 saturated heterocycles. The lowest BCUT2D eigenvalue weighted by molar-refractivity contribution is -0.144. The van der Waals surface area contributed by atoms with Crippen molar-refractivity contribution in [3.05, 3.63) is 58.1 Å². The molecule has 4 nitrogen and oxygen atoms in total. The standard InChI is InChI=1S/C22H24O4/c1-12-10-19(25-11-15-4-6-16(23)7-5-15)14(3)20-17(12)8-9-18-13(2)22(24)26-21(18)20/h4-7,10,13,18,21,23H,8-9,11H2,1-3H3/t13?,18-,21?/m0/s1. The van der Waals surface area contributed by atoms with E-state index in [0.29, 0.717) is 6.61 Å². The molecule has 136 valence electrons. The molecule has 0 spiro atoms. The second-order valence-electron chi connectivity index (χ2n) is 7.51. The maximum Gasteiger partial charge on any atom is 0.309 e. The monoisotopic (exact) mass is 352 g/mol. The Morgan fingerprint density at radius 2 is 1.96 bits per heavy atom. The molecular formula is C22H24O4. The van der Waals surface area contributed by atoms with Gasteiger partial charge in [-0.1, -0.05) is 19.1 Å². The van der Waals surface area contributed by atoms with Gasteiger partial charge in [0.15, 0.2) is 0 Å². The highest BCUT2D eigenvalue weighted by Crippen LogP contribution is 2.49. The van der Waals surface area contributed by atoms with E-state index in [1.165, 1.54) is 11.1 Å². The molecule has 1 fully saturated rings. The number of phenolic OH excluding ortho intramolecular Hbond substituents is 1. The smallest absolute Gasteiger partial charge is 0.309 e. The zero-order chi connectivity index (χ0) is 18.4. The van der Waals surface area contributed by atoms with Crippen molar-refractivity contribution in [2.75, 3.05) is 0 Å². The van der Waals surface area contributed by atoms with Crippen LogP contribution in [0.5, 0.6) is 11.5 Å². The molecule has 3 atom stereocenters. The predicted octanol–water partition coefficient (Wildman–Crippen LogP) is 4.38. The number of phenols is 1. The molecule has 26 heavy (non-hydrogen) atoms. The summed E-state index contributed by atoms with van der Waals surface area (Å²) < 4.78 is 11.8. The Hall–Kier alpha value is -2.49. The number of carbonyl (C=O) groups excluding carboxylic acids is 1. The molecule has 2 aliphatic rings. The number of hydrogen-bond donors (Lipinski definition) is 1. The van der Waals surface area contributed by atoms with Gasteiger partial charge in [-0.25, -0.2) is 0 Å². The first-order valence-corrected chi connectivity index (χ1v) is 9.20. The second-order valence-corrected chi connectivity index (χ2v) is 7.51. The van der Waals surface area contributed by atoms with Crippen LogP contribution in [0.15, 0.2) is 30.3 Å². The molecule has 0 amide bonds. The van der Waals surface area contributed by atoms with E-state index in [4.69, 9.17) is 9.47 Å². The number of carbonyl (C=O) groups is 1. The van der Waals surface area contributed by atoms with Crippen molar-refractivity contribution >= 4 is 5.97 Å². The van der Waals surface area contributed by atoms with Gasteiger partial charge in [0.2, 0.25) is 0 Å². The Balaban J connectivity index is 1.66. The Labute approximate surface area is 153 Å². The topological polar surface area (TPSA) is 55.8 Å². The fraction of sp³-hybridized carbons (Fsp3) is 0.409. The van der Waals surface area contributed by atoms with Crippen LogP contribution in [-0.4, -0.2) is 11.1 Å². The number of esters is 1. The molecule has 2 aromatic carbocycles. The van der Waals surface area contributed by atoms with Crippen molar-refractivity contribution in [3.63, 3.8) is 0 Å². The number of rotatable bonds is 3. The first-order chi connectivity index (χ1) is 12.5. The molecule has 0 bridgehead atoms. The lowest BCUT2D eigenvalue weighted by Gasteiger charge is -2.31. The highest BCUT2D eigenvalue weighted by Gasteiger charge is 2.46. The van der Waals surface area contributed by atoms with Gasteiger partial charge in [-0.3, -0.25) is 4.79 Å². The van der Waals surface area contributed by atoms with Crippen molar-refractivity contribution in [3.8, 4) is 11.5 Å². The minimum absolute atomic E-state index is 0.0329. The zero-order valence-electron chi connectivity index (χ0n) is 15.4. The van der Waals surface area contributed by atoms with E-state index in [1.54, 1.807) is 12.1 Å². The summed E-state index contributed by atoms with van der Waals surface area (Å²) >= 11 is 0. The summed E-state index contributed by atoms with van der Waals surface area (Å²) in [5, 5.41) is 9.40. The van der Waals surface area contributed by atoms with E-state index in [1.807, 2.05) is 19.1 Å². The Morgan fingerprint density at radius 3 is 2.69 bits per heavy atom. The molecule has 0 aromatic heterocycles. The van der Waals surface area contributed by atoms with Gasteiger partial charge < -0.3 is 14.6 Å². The highest BCUT2D eigenvalue weighted by molar-refractivity contribution is 5.76. The molecular weight excluding hydrogens is 328 g/mol. The van der Waals surface area contributed by atoms with Gasteiger partial charge in [0.1, 0.15) is 24.2 Å². The van der Waals surface area contributed by atoms with E-state index in [-0.39, 0.29) is 29.7 Å². The average molecular weight is 352 g/mol. The van der Waals surface area contributed by atoms with Gasteiger partial charge in [0, 0.05) is 11.5 Å². The molecule has 1 aliphatic heterocycles. The number of ether oxygens (including phenoxy) is 2. The van der Waals surface area contributed by atoms with E-state index in [9.17, 15) is 9.90 Å². The molecule has 2 aromatic rings. The van der Waals surface area contributed by atoms with Crippen LogP contribution in [-0.2, 0) is 22.6 Å². The number of aromatic hydroxyl groups is 1. The summed E-state index contributed by atoms with van der Waals surface area (Å²) in [7, 11) is 0. The van der Waals surface area contributed by atoms with Crippen LogP contribution < -0.4 is 4.74 Å². The molecule has 4 rings (SSSR count). The van der Waals surface area contributed by atoms with Gasteiger partial charge >= 0.3 is 5.97 Å². The predicted molar refractivity (Wildman–Crippen MR) is 98.2 cm³/mol. The van der Waals surface area contributed by atoms with Crippen LogP contribution in [0.4, 0.5) is 0 Å². The first-order valence-electron chi connectivity index (χ1n) is 9.20.